The number of aromatic nitrogens is 1. The lowest BCUT2D eigenvalue weighted by atomic mass is 9.91. The maximum absolute atomic E-state index is 12.4. The summed E-state index contributed by atoms with van der Waals surface area (Å²) in [6.07, 6.45) is 1.38. The Bertz CT molecular complexity index is 608. The van der Waals surface area contributed by atoms with E-state index in [-0.39, 0.29) is 12.3 Å². The molecule has 0 aliphatic carbocycles. The van der Waals surface area contributed by atoms with E-state index in [0.717, 1.165) is 0 Å². The van der Waals surface area contributed by atoms with Gasteiger partial charge in [-0.15, -0.1) is 0 Å². The zero-order chi connectivity index (χ0) is 14.5. The quantitative estimate of drug-likeness (QED) is 0.801. The molecule has 7 heteroatoms. The van der Waals surface area contributed by atoms with Gasteiger partial charge in [-0.25, -0.2) is 4.79 Å². The molecule has 0 aromatic carbocycles. The van der Waals surface area contributed by atoms with Crippen molar-refractivity contribution in [2.45, 2.75) is 31.5 Å². The van der Waals surface area contributed by atoms with E-state index in [4.69, 9.17) is 4.74 Å². The molecular formula is C13H14N2O5. The fraction of sp³-hybridized carbons (Fsp3) is 0.462. The number of rotatable bonds is 2. The third-order valence-corrected chi connectivity index (χ3v) is 3.97. The van der Waals surface area contributed by atoms with Gasteiger partial charge in [-0.3, -0.25) is 9.59 Å². The molecule has 1 amide bonds. The third kappa shape index (κ3) is 1.43. The molecule has 3 rings (SSSR count). The van der Waals surface area contributed by atoms with E-state index in [1.54, 1.807) is 18.3 Å². The van der Waals surface area contributed by atoms with Gasteiger partial charge in [0.2, 0.25) is 6.23 Å². The number of hydrogen-bond donors (Lipinski definition) is 1. The van der Waals surface area contributed by atoms with Crippen LogP contribution in [-0.4, -0.2) is 44.5 Å². The summed E-state index contributed by atoms with van der Waals surface area (Å²) in [5.41, 5.74) is -1.16. The smallest absolute Gasteiger partial charge is 0.335 e. The topological polar surface area (TPSA) is 88.8 Å². The van der Waals surface area contributed by atoms with Crippen molar-refractivity contribution < 1.29 is 24.2 Å². The van der Waals surface area contributed by atoms with Crippen LogP contribution in [0.2, 0.25) is 0 Å². The van der Waals surface area contributed by atoms with Crippen LogP contribution in [0.1, 0.15) is 36.5 Å². The van der Waals surface area contributed by atoms with E-state index in [0.29, 0.717) is 18.7 Å². The number of carboxylic acids is 1. The van der Waals surface area contributed by atoms with Crippen LogP contribution in [0.5, 0.6) is 0 Å². The Morgan fingerprint density at radius 3 is 2.90 bits per heavy atom. The van der Waals surface area contributed by atoms with Gasteiger partial charge in [0.05, 0.1) is 0 Å². The first-order valence-electron chi connectivity index (χ1n) is 6.38. The molecule has 0 spiro atoms. The van der Waals surface area contributed by atoms with E-state index in [1.807, 2.05) is 0 Å². The summed E-state index contributed by atoms with van der Waals surface area (Å²) >= 11 is 0. The van der Waals surface area contributed by atoms with Crippen molar-refractivity contribution in [1.82, 2.24) is 9.47 Å². The number of hydrogen-bond acceptors (Lipinski definition) is 4. The van der Waals surface area contributed by atoms with Crippen molar-refractivity contribution in [1.29, 1.82) is 0 Å². The Balaban J connectivity index is 2.20. The van der Waals surface area contributed by atoms with Gasteiger partial charge in [0.15, 0.2) is 5.54 Å². The monoisotopic (exact) mass is 278 g/mol. The Hall–Kier alpha value is -2.31. The molecule has 0 unspecified atom stereocenters. The molecule has 2 aliphatic rings. The lowest BCUT2D eigenvalue weighted by Gasteiger charge is -2.44. The molecule has 3 heterocycles. The lowest BCUT2D eigenvalue weighted by Crippen LogP contribution is -2.62. The Morgan fingerprint density at radius 2 is 2.25 bits per heavy atom. The number of aliphatic carboxylic acids is 1. The van der Waals surface area contributed by atoms with Crippen LogP contribution in [0.3, 0.4) is 0 Å². The number of esters is 1. The van der Waals surface area contributed by atoms with E-state index in [2.05, 4.69) is 0 Å². The molecule has 1 fully saturated rings. The molecule has 2 atom stereocenters. The minimum atomic E-state index is -1.51. The van der Waals surface area contributed by atoms with Gasteiger partial charge in [-0.1, -0.05) is 0 Å². The molecule has 0 radical (unpaired) electrons. The summed E-state index contributed by atoms with van der Waals surface area (Å²) in [6, 6.07) is 3.24. The van der Waals surface area contributed by atoms with Crippen molar-refractivity contribution in [3.8, 4) is 0 Å². The predicted octanol–water partition coefficient (Wildman–Crippen LogP) is 0.623. The second-order valence-electron chi connectivity index (χ2n) is 5.05. The van der Waals surface area contributed by atoms with E-state index < -0.39 is 23.7 Å². The number of ether oxygens (including phenoxy) is 1. The van der Waals surface area contributed by atoms with Gasteiger partial charge in [0.1, 0.15) is 5.69 Å². The zero-order valence-corrected chi connectivity index (χ0v) is 10.9. The summed E-state index contributed by atoms with van der Waals surface area (Å²) < 4.78 is 6.70. The number of fused-ring (bicyclic) bond motifs is 2. The summed E-state index contributed by atoms with van der Waals surface area (Å²) in [4.78, 5) is 36.9. The average molecular weight is 278 g/mol. The molecule has 0 saturated carbocycles. The fourth-order valence-electron chi connectivity index (χ4n) is 3.17. The number of carbonyl (C=O) groups excluding carboxylic acids is 2. The normalized spacial score (nSPS) is 27.9. The Morgan fingerprint density at radius 1 is 1.50 bits per heavy atom. The summed E-state index contributed by atoms with van der Waals surface area (Å²) in [5.74, 6) is -2.05. The molecule has 2 aliphatic heterocycles. The van der Waals surface area contributed by atoms with Crippen molar-refractivity contribution in [2.24, 2.45) is 0 Å². The molecule has 1 saturated heterocycles. The first kappa shape index (κ1) is 12.7. The van der Waals surface area contributed by atoms with Gasteiger partial charge in [-0.05, 0) is 25.0 Å². The second kappa shape index (κ2) is 4.09. The van der Waals surface area contributed by atoms with Crippen LogP contribution in [0.15, 0.2) is 18.3 Å². The molecule has 1 aromatic heterocycles. The van der Waals surface area contributed by atoms with Crippen molar-refractivity contribution in [3.05, 3.63) is 24.0 Å². The fourth-order valence-corrected chi connectivity index (χ4v) is 3.17. The first-order chi connectivity index (χ1) is 9.48. The van der Waals surface area contributed by atoms with Crippen LogP contribution in [0.25, 0.3) is 0 Å². The second-order valence-corrected chi connectivity index (χ2v) is 5.05. The highest BCUT2D eigenvalue weighted by atomic mass is 16.6. The van der Waals surface area contributed by atoms with Crippen molar-refractivity contribution in [3.63, 3.8) is 0 Å². The molecule has 0 bridgehead atoms. The number of amides is 1. The Labute approximate surface area is 114 Å². The molecule has 1 aromatic rings. The van der Waals surface area contributed by atoms with Gasteiger partial charge < -0.3 is 19.3 Å². The Kier molecular flexibility index (Phi) is 2.60. The standard InChI is InChI=1S/C13H14N2O5/c1-8(16)20-11-13(12(18)19)5-3-7-15(13)10(17)9-4-2-6-14(9)11/h2,4,6,11H,3,5,7H2,1H3,(H,18,19)/t11-,13+/m1/s1. The maximum Gasteiger partial charge on any atom is 0.335 e. The minimum Gasteiger partial charge on any atom is -0.479 e. The molecule has 1 N–H and O–H groups in total. The number of nitrogens with zero attached hydrogens (tertiary/aromatic N) is 2. The summed E-state index contributed by atoms with van der Waals surface area (Å²) in [7, 11) is 0. The third-order valence-electron chi connectivity index (χ3n) is 3.97. The predicted molar refractivity (Wildman–Crippen MR) is 65.9 cm³/mol. The largest absolute Gasteiger partial charge is 0.479 e. The molecule has 20 heavy (non-hydrogen) atoms. The maximum atomic E-state index is 12.4. The van der Waals surface area contributed by atoms with Crippen LogP contribution < -0.4 is 0 Å². The highest BCUT2D eigenvalue weighted by molar-refractivity contribution is 5.99. The summed E-state index contributed by atoms with van der Waals surface area (Å²) in [6.45, 7) is 1.59. The highest BCUT2D eigenvalue weighted by Gasteiger charge is 2.61. The van der Waals surface area contributed by atoms with Gasteiger partial charge in [0.25, 0.3) is 5.91 Å². The molecule has 7 nitrogen and oxygen atoms in total. The van der Waals surface area contributed by atoms with Crippen molar-refractivity contribution >= 4 is 17.8 Å². The summed E-state index contributed by atoms with van der Waals surface area (Å²) in [5, 5.41) is 9.66. The molecular weight excluding hydrogens is 264 g/mol. The SMILES string of the molecule is CC(=O)O[C@H]1n2cccc2C(=O)N2CCC[C@@]12C(=O)O. The zero-order valence-electron chi connectivity index (χ0n) is 10.9. The van der Waals surface area contributed by atoms with Crippen molar-refractivity contribution in [2.75, 3.05) is 6.54 Å². The lowest BCUT2D eigenvalue weighted by molar-refractivity contribution is -0.177. The van der Waals surface area contributed by atoms with E-state index >= 15 is 0 Å². The highest BCUT2D eigenvalue weighted by Crippen LogP contribution is 2.44. The van der Waals surface area contributed by atoms with Crippen LogP contribution in [-0.2, 0) is 14.3 Å². The number of carbonyl (C=O) groups is 3. The van der Waals surface area contributed by atoms with E-state index in [1.165, 1.54) is 16.4 Å². The van der Waals surface area contributed by atoms with Gasteiger partial charge >= 0.3 is 11.9 Å². The average Bonchev–Trinajstić information content (AvgIpc) is 3.01. The van der Waals surface area contributed by atoms with E-state index in [9.17, 15) is 19.5 Å². The van der Waals surface area contributed by atoms with Gasteiger partial charge in [0, 0.05) is 19.7 Å². The first-order valence-corrected chi connectivity index (χ1v) is 6.38. The van der Waals surface area contributed by atoms with Gasteiger partial charge in [-0.2, -0.15) is 0 Å². The molecule has 106 valence electrons. The number of carboxylic acid groups (broad SMARTS) is 1. The van der Waals surface area contributed by atoms with Crippen LogP contribution >= 0.6 is 0 Å². The van der Waals surface area contributed by atoms with Crippen LogP contribution in [0, 0.1) is 0 Å². The minimum absolute atomic E-state index is 0.268. The van der Waals surface area contributed by atoms with Crippen LogP contribution in [0.4, 0.5) is 0 Å².